The van der Waals surface area contributed by atoms with Gasteiger partial charge in [-0.2, -0.15) is 0 Å². The van der Waals surface area contributed by atoms with Gasteiger partial charge in [-0.1, -0.05) is 34.5 Å². The molecule has 0 aliphatic heterocycles. The van der Waals surface area contributed by atoms with Crippen LogP contribution in [-0.4, -0.2) is 11.9 Å². The molecule has 1 aliphatic carbocycles. The number of nitrogens with one attached hydrogen (secondary N) is 1. The van der Waals surface area contributed by atoms with E-state index in [9.17, 15) is 4.79 Å². The van der Waals surface area contributed by atoms with Crippen molar-refractivity contribution < 1.29 is 4.79 Å². The Balaban J connectivity index is 1.84. The van der Waals surface area contributed by atoms with Gasteiger partial charge in [0.15, 0.2) is 0 Å². The Kier molecular flexibility index (Phi) is 4.78. The Hall–Kier alpha value is -0.870. The highest BCUT2D eigenvalue weighted by atomic mass is 79.9. The Bertz CT molecular complexity index is 422. The van der Waals surface area contributed by atoms with Crippen LogP contribution in [0.15, 0.2) is 28.7 Å². The first kappa shape index (κ1) is 13.6. The number of amides is 1. The van der Waals surface area contributed by atoms with Crippen molar-refractivity contribution in [1.82, 2.24) is 5.32 Å². The highest BCUT2D eigenvalue weighted by molar-refractivity contribution is 9.10. The molecule has 0 aromatic heterocycles. The van der Waals surface area contributed by atoms with E-state index in [2.05, 4.69) is 21.2 Å². The summed E-state index contributed by atoms with van der Waals surface area (Å²) in [5, 5.41) is 3.00. The second-order valence-corrected chi connectivity index (χ2v) is 5.89. The third kappa shape index (κ3) is 3.82. The van der Waals surface area contributed by atoms with Crippen LogP contribution in [0.25, 0.3) is 0 Å². The highest BCUT2D eigenvalue weighted by Crippen LogP contribution is 2.23. The predicted molar refractivity (Wildman–Crippen MR) is 75.9 cm³/mol. The molecule has 3 N–H and O–H groups in total. The predicted octanol–water partition coefficient (Wildman–Crippen LogP) is 2.58. The van der Waals surface area contributed by atoms with Gasteiger partial charge in [0.25, 0.3) is 0 Å². The van der Waals surface area contributed by atoms with Crippen LogP contribution in [0.4, 0.5) is 0 Å². The molecule has 3 nitrogen and oxygen atoms in total. The van der Waals surface area contributed by atoms with Crippen molar-refractivity contribution in [1.29, 1.82) is 0 Å². The van der Waals surface area contributed by atoms with Gasteiger partial charge in [-0.3, -0.25) is 4.79 Å². The second kappa shape index (κ2) is 6.34. The van der Waals surface area contributed by atoms with Gasteiger partial charge < -0.3 is 11.1 Å². The summed E-state index contributed by atoms with van der Waals surface area (Å²) >= 11 is 3.42. The summed E-state index contributed by atoms with van der Waals surface area (Å²) in [6.07, 6.45) is 3.91. The number of rotatable bonds is 3. The summed E-state index contributed by atoms with van der Waals surface area (Å²) in [7, 11) is 0. The van der Waals surface area contributed by atoms with E-state index in [0.717, 1.165) is 35.7 Å². The normalized spacial score (nSPS) is 23.7. The minimum absolute atomic E-state index is 0.0981. The molecular formula is C14H19BrN2O. The van der Waals surface area contributed by atoms with E-state index in [1.54, 1.807) is 0 Å². The van der Waals surface area contributed by atoms with Crippen molar-refractivity contribution in [3.05, 3.63) is 34.3 Å². The van der Waals surface area contributed by atoms with Crippen molar-refractivity contribution in [3.63, 3.8) is 0 Å². The summed E-state index contributed by atoms with van der Waals surface area (Å²) in [6.45, 7) is 0.587. The van der Waals surface area contributed by atoms with Gasteiger partial charge in [-0.25, -0.2) is 0 Å². The number of carbonyl (C=O) groups is 1. The fourth-order valence-corrected chi connectivity index (χ4v) is 2.89. The molecule has 0 heterocycles. The fourth-order valence-electron chi connectivity index (χ4n) is 2.45. The lowest BCUT2D eigenvalue weighted by molar-refractivity contribution is -0.126. The molecule has 1 aromatic carbocycles. The average Bonchev–Trinajstić information content (AvgIpc) is 2.36. The third-order valence-corrected chi connectivity index (χ3v) is 3.93. The fraction of sp³-hybridized carbons (Fsp3) is 0.500. The summed E-state index contributed by atoms with van der Waals surface area (Å²) in [5.74, 6) is 0.242. The van der Waals surface area contributed by atoms with Gasteiger partial charge in [0.05, 0.1) is 0 Å². The molecular weight excluding hydrogens is 292 g/mol. The molecule has 1 fully saturated rings. The van der Waals surface area contributed by atoms with Crippen LogP contribution in [0.2, 0.25) is 0 Å². The number of hydrogen-bond acceptors (Lipinski definition) is 2. The topological polar surface area (TPSA) is 55.1 Å². The molecule has 0 bridgehead atoms. The summed E-state index contributed by atoms with van der Waals surface area (Å²) in [5.41, 5.74) is 7.01. The monoisotopic (exact) mass is 310 g/mol. The molecule has 98 valence electrons. The SMILES string of the molecule is NC1CCCC(C(=O)NCc2cccc(Br)c2)C1. The maximum Gasteiger partial charge on any atom is 0.223 e. The summed E-state index contributed by atoms with van der Waals surface area (Å²) in [6, 6.07) is 8.18. The zero-order valence-electron chi connectivity index (χ0n) is 10.4. The van der Waals surface area contributed by atoms with Crippen LogP contribution in [0.3, 0.4) is 0 Å². The minimum atomic E-state index is 0.0981. The first-order chi connectivity index (χ1) is 8.65. The van der Waals surface area contributed by atoms with Crippen LogP contribution < -0.4 is 11.1 Å². The van der Waals surface area contributed by atoms with Crippen molar-refractivity contribution in [2.24, 2.45) is 11.7 Å². The van der Waals surface area contributed by atoms with Gasteiger partial charge >= 0.3 is 0 Å². The molecule has 2 rings (SSSR count). The first-order valence-corrected chi connectivity index (χ1v) is 7.22. The maximum absolute atomic E-state index is 12.0. The smallest absolute Gasteiger partial charge is 0.223 e. The molecule has 1 amide bonds. The molecule has 1 saturated carbocycles. The number of carbonyl (C=O) groups excluding carboxylic acids is 1. The molecule has 0 radical (unpaired) electrons. The van der Waals surface area contributed by atoms with Gasteiger partial charge in [0, 0.05) is 23.0 Å². The molecule has 2 atom stereocenters. The molecule has 4 heteroatoms. The summed E-state index contributed by atoms with van der Waals surface area (Å²) in [4.78, 5) is 12.0. The van der Waals surface area contributed by atoms with Crippen molar-refractivity contribution in [2.75, 3.05) is 0 Å². The van der Waals surface area contributed by atoms with E-state index in [4.69, 9.17) is 5.73 Å². The van der Waals surface area contributed by atoms with Crippen molar-refractivity contribution >= 4 is 21.8 Å². The van der Waals surface area contributed by atoms with E-state index in [1.807, 2.05) is 24.3 Å². The average molecular weight is 311 g/mol. The van der Waals surface area contributed by atoms with Gasteiger partial charge in [0.1, 0.15) is 0 Å². The molecule has 0 spiro atoms. The number of benzene rings is 1. The molecule has 18 heavy (non-hydrogen) atoms. The Morgan fingerprint density at radius 3 is 3.00 bits per heavy atom. The summed E-state index contributed by atoms with van der Waals surface area (Å²) < 4.78 is 1.04. The lowest BCUT2D eigenvalue weighted by atomic mass is 9.85. The van der Waals surface area contributed by atoms with Gasteiger partial charge in [-0.15, -0.1) is 0 Å². The quantitative estimate of drug-likeness (QED) is 0.901. The number of hydrogen-bond donors (Lipinski definition) is 2. The van der Waals surface area contributed by atoms with Crippen molar-refractivity contribution in [3.8, 4) is 0 Å². The van der Waals surface area contributed by atoms with E-state index >= 15 is 0 Å². The third-order valence-electron chi connectivity index (χ3n) is 3.44. The number of nitrogens with two attached hydrogens (primary N) is 1. The highest BCUT2D eigenvalue weighted by Gasteiger charge is 2.24. The lowest BCUT2D eigenvalue weighted by Gasteiger charge is -2.25. The van der Waals surface area contributed by atoms with Gasteiger partial charge in [-0.05, 0) is 37.0 Å². The number of halogens is 1. The van der Waals surface area contributed by atoms with E-state index in [0.29, 0.717) is 6.54 Å². The van der Waals surface area contributed by atoms with E-state index in [-0.39, 0.29) is 17.9 Å². The zero-order chi connectivity index (χ0) is 13.0. The zero-order valence-corrected chi connectivity index (χ0v) is 11.9. The Labute approximate surface area is 116 Å². The second-order valence-electron chi connectivity index (χ2n) is 4.97. The first-order valence-electron chi connectivity index (χ1n) is 6.43. The van der Waals surface area contributed by atoms with Crippen LogP contribution in [0, 0.1) is 5.92 Å². The van der Waals surface area contributed by atoms with E-state index in [1.165, 1.54) is 0 Å². The van der Waals surface area contributed by atoms with Crippen LogP contribution in [-0.2, 0) is 11.3 Å². The molecule has 1 aromatic rings. The standard InChI is InChI=1S/C14H19BrN2O/c15-12-5-1-3-10(7-12)9-17-14(18)11-4-2-6-13(16)8-11/h1,3,5,7,11,13H,2,4,6,8-9,16H2,(H,17,18). The molecule has 0 saturated heterocycles. The Morgan fingerprint density at radius 2 is 2.28 bits per heavy atom. The lowest BCUT2D eigenvalue weighted by Crippen LogP contribution is -2.37. The van der Waals surface area contributed by atoms with E-state index < -0.39 is 0 Å². The van der Waals surface area contributed by atoms with Crippen LogP contribution in [0.5, 0.6) is 0 Å². The molecule has 2 unspecified atom stereocenters. The van der Waals surface area contributed by atoms with Gasteiger partial charge in [0.2, 0.25) is 5.91 Å². The maximum atomic E-state index is 12.0. The van der Waals surface area contributed by atoms with Crippen molar-refractivity contribution in [2.45, 2.75) is 38.3 Å². The molecule has 1 aliphatic rings. The largest absolute Gasteiger partial charge is 0.352 e. The Morgan fingerprint density at radius 1 is 1.44 bits per heavy atom. The van der Waals surface area contributed by atoms with Crippen LogP contribution in [0.1, 0.15) is 31.2 Å². The van der Waals surface area contributed by atoms with Crippen LogP contribution >= 0.6 is 15.9 Å². The minimum Gasteiger partial charge on any atom is -0.352 e.